The second-order valence-corrected chi connectivity index (χ2v) is 4.63. The van der Waals surface area contributed by atoms with Gasteiger partial charge in [0.15, 0.2) is 0 Å². The standard InChI is InChI=1S/C12H20O/c1-4-11-8(2)5-9-6-10(13-3)7-12(9)11/h9-12H,2,4-7H2,1,3H3. The van der Waals surface area contributed by atoms with Crippen molar-refractivity contribution in [2.75, 3.05) is 7.11 Å². The van der Waals surface area contributed by atoms with Gasteiger partial charge in [0.2, 0.25) is 0 Å². The smallest absolute Gasteiger partial charge is 0.0577 e. The molecule has 2 fully saturated rings. The molecule has 2 saturated carbocycles. The normalized spacial score (nSPS) is 44.0. The van der Waals surface area contributed by atoms with Crippen LogP contribution in [0.1, 0.15) is 32.6 Å². The Bertz CT molecular complexity index is 209. The van der Waals surface area contributed by atoms with Gasteiger partial charge in [0, 0.05) is 7.11 Å². The average molecular weight is 180 g/mol. The van der Waals surface area contributed by atoms with Crippen molar-refractivity contribution in [3.63, 3.8) is 0 Å². The molecular weight excluding hydrogens is 160 g/mol. The largest absolute Gasteiger partial charge is 0.381 e. The van der Waals surface area contributed by atoms with E-state index in [0.717, 1.165) is 17.8 Å². The van der Waals surface area contributed by atoms with Crippen molar-refractivity contribution >= 4 is 0 Å². The minimum absolute atomic E-state index is 0.539. The molecule has 0 radical (unpaired) electrons. The van der Waals surface area contributed by atoms with Crippen molar-refractivity contribution in [2.45, 2.75) is 38.7 Å². The van der Waals surface area contributed by atoms with Crippen LogP contribution in [0.4, 0.5) is 0 Å². The SMILES string of the molecule is C=C1CC2CC(OC)CC2C1CC. The number of hydrogen-bond acceptors (Lipinski definition) is 1. The van der Waals surface area contributed by atoms with Crippen molar-refractivity contribution in [3.05, 3.63) is 12.2 Å². The zero-order valence-corrected chi connectivity index (χ0v) is 8.75. The first kappa shape index (κ1) is 9.26. The molecule has 0 saturated heterocycles. The number of hydrogen-bond donors (Lipinski definition) is 0. The van der Waals surface area contributed by atoms with Crippen LogP contribution in [0.2, 0.25) is 0 Å². The quantitative estimate of drug-likeness (QED) is 0.593. The van der Waals surface area contributed by atoms with Gasteiger partial charge < -0.3 is 4.74 Å². The Morgan fingerprint density at radius 2 is 2.23 bits per heavy atom. The third-order valence-electron chi connectivity index (χ3n) is 4.04. The highest BCUT2D eigenvalue weighted by molar-refractivity contribution is 5.14. The number of ether oxygens (including phenoxy) is 1. The molecule has 0 bridgehead atoms. The van der Waals surface area contributed by atoms with Crippen LogP contribution < -0.4 is 0 Å². The molecule has 2 rings (SSSR count). The van der Waals surface area contributed by atoms with E-state index in [1.165, 1.54) is 31.3 Å². The van der Waals surface area contributed by atoms with E-state index >= 15 is 0 Å². The summed E-state index contributed by atoms with van der Waals surface area (Å²) in [6.45, 7) is 6.49. The van der Waals surface area contributed by atoms with Crippen LogP contribution in [-0.2, 0) is 4.74 Å². The lowest BCUT2D eigenvalue weighted by atomic mass is 9.89. The number of methoxy groups -OCH3 is 1. The first-order chi connectivity index (χ1) is 6.26. The van der Waals surface area contributed by atoms with Crippen molar-refractivity contribution in [1.29, 1.82) is 0 Å². The summed E-state index contributed by atoms with van der Waals surface area (Å²) in [6, 6.07) is 0. The van der Waals surface area contributed by atoms with E-state index in [2.05, 4.69) is 13.5 Å². The van der Waals surface area contributed by atoms with Gasteiger partial charge in [-0.05, 0) is 43.4 Å². The van der Waals surface area contributed by atoms with Gasteiger partial charge >= 0.3 is 0 Å². The number of fused-ring (bicyclic) bond motifs is 1. The van der Waals surface area contributed by atoms with Crippen molar-refractivity contribution in [2.24, 2.45) is 17.8 Å². The maximum Gasteiger partial charge on any atom is 0.0577 e. The maximum atomic E-state index is 5.45. The Balaban J connectivity index is 2.06. The zero-order valence-electron chi connectivity index (χ0n) is 8.75. The van der Waals surface area contributed by atoms with Gasteiger partial charge in [-0.15, -0.1) is 0 Å². The van der Waals surface area contributed by atoms with Gasteiger partial charge in [-0.25, -0.2) is 0 Å². The van der Waals surface area contributed by atoms with Crippen LogP contribution in [0.25, 0.3) is 0 Å². The summed E-state index contributed by atoms with van der Waals surface area (Å²) in [5.74, 6) is 2.58. The predicted molar refractivity (Wildman–Crippen MR) is 54.5 cm³/mol. The second-order valence-electron chi connectivity index (χ2n) is 4.63. The highest BCUT2D eigenvalue weighted by Crippen LogP contribution is 2.51. The Morgan fingerprint density at radius 1 is 1.46 bits per heavy atom. The fraction of sp³-hybridized carbons (Fsp3) is 0.833. The fourth-order valence-corrected chi connectivity index (χ4v) is 3.41. The molecule has 4 unspecified atom stereocenters. The minimum Gasteiger partial charge on any atom is -0.381 e. The molecule has 0 heterocycles. The first-order valence-corrected chi connectivity index (χ1v) is 5.46. The molecule has 4 atom stereocenters. The molecule has 0 amide bonds. The lowest BCUT2D eigenvalue weighted by molar-refractivity contribution is 0.100. The van der Waals surface area contributed by atoms with Crippen LogP contribution in [0.15, 0.2) is 12.2 Å². The van der Waals surface area contributed by atoms with Crippen molar-refractivity contribution in [3.8, 4) is 0 Å². The Kier molecular flexibility index (Phi) is 2.46. The molecule has 1 heteroatoms. The molecule has 74 valence electrons. The van der Waals surface area contributed by atoms with Gasteiger partial charge in [0.25, 0.3) is 0 Å². The summed E-state index contributed by atoms with van der Waals surface area (Å²) in [6.07, 6.45) is 5.63. The predicted octanol–water partition coefficient (Wildman–Crippen LogP) is 3.01. The topological polar surface area (TPSA) is 9.23 Å². The average Bonchev–Trinajstić information content (AvgIpc) is 2.60. The van der Waals surface area contributed by atoms with Crippen LogP contribution in [-0.4, -0.2) is 13.2 Å². The molecule has 0 N–H and O–H groups in total. The summed E-state index contributed by atoms with van der Waals surface area (Å²) in [7, 11) is 1.85. The third kappa shape index (κ3) is 1.43. The second kappa shape index (κ2) is 3.45. The van der Waals surface area contributed by atoms with E-state index in [1.807, 2.05) is 7.11 Å². The fourth-order valence-electron chi connectivity index (χ4n) is 3.41. The van der Waals surface area contributed by atoms with E-state index in [1.54, 1.807) is 0 Å². The molecule has 0 aromatic carbocycles. The van der Waals surface area contributed by atoms with Gasteiger partial charge in [0.05, 0.1) is 6.10 Å². The summed E-state index contributed by atoms with van der Waals surface area (Å²) < 4.78 is 5.45. The Labute approximate surface area is 81.2 Å². The van der Waals surface area contributed by atoms with E-state index in [0.29, 0.717) is 6.10 Å². The zero-order chi connectivity index (χ0) is 9.42. The number of rotatable bonds is 2. The summed E-state index contributed by atoms with van der Waals surface area (Å²) >= 11 is 0. The summed E-state index contributed by atoms with van der Waals surface area (Å²) in [5, 5.41) is 0. The highest BCUT2D eigenvalue weighted by Gasteiger charge is 2.44. The molecule has 0 aromatic rings. The van der Waals surface area contributed by atoms with Crippen molar-refractivity contribution < 1.29 is 4.74 Å². The molecule has 0 aliphatic heterocycles. The van der Waals surface area contributed by atoms with E-state index in [4.69, 9.17) is 4.74 Å². The molecule has 0 spiro atoms. The van der Waals surface area contributed by atoms with Crippen LogP contribution in [0.5, 0.6) is 0 Å². The summed E-state index contributed by atoms with van der Waals surface area (Å²) in [4.78, 5) is 0. The number of allylic oxidation sites excluding steroid dienone is 1. The van der Waals surface area contributed by atoms with Gasteiger partial charge in [-0.3, -0.25) is 0 Å². The van der Waals surface area contributed by atoms with Crippen molar-refractivity contribution in [1.82, 2.24) is 0 Å². The van der Waals surface area contributed by atoms with E-state index in [-0.39, 0.29) is 0 Å². The van der Waals surface area contributed by atoms with Crippen LogP contribution in [0.3, 0.4) is 0 Å². The molecule has 1 nitrogen and oxygen atoms in total. The van der Waals surface area contributed by atoms with Gasteiger partial charge in [-0.2, -0.15) is 0 Å². The first-order valence-electron chi connectivity index (χ1n) is 5.46. The Hall–Kier alpha value is -0.300. The van der Waals surface area contributed by atoms with E-state index < -0.39 is 0 Å². The molecular formula is C12H20O. The lowest BCUT2D eigenvalue weighted by Gasteiger charge is -2.17. The lowest BCUT2D eigenvalue weighted by Crippen LogP contribution is -2.11. The van der Waals surface area contributed by atoms with Gasteiger partial charge in [0.1, 0.15) is 0 Å². The van der Waals surface area contributed by atoms with Crippen LogP contribution >= 0.6 is 0 Å². The Morgan fingerprint density at radius 3 is 2.85 bits per heavy atom. The van der Waals surface area contributed by atoms with Crippen LogP contribution in [0, 0.1) is 17.8 Å². The molecule has 0 aromatic heterocycles. The highest BCUT2D eigenvalue weighted by atomic mass is 16.5. The van der Waals surface area contributed by atoms with Gasteiger partial charge in [-0.1, -0.05) is 19.1 Å². The maximum absolute atomic E-state index is 5.45. The minimum atomic E-state index is 0.539. The molecule has 13 heavy (non-hydrogen) atoms. The van der Waals surface area contributed by atoms with E-state index in [9.17, 15) is 0 Å². The summed E-state index contributed by atoms with van der Waals surface area (Å²) in [5.41, 5.74) is 1.51. The monoisotopic (exact) mass is 180 g/mol. The molecule has 2 aliphatic carbocycles. The molecule has 2 aliphatic rings. The third-order valence-corrected chi connectivity index (χ3v) is 4.04.